The van der Waals surface area contributed by atoms with Gasteiger partial charge in [0.15, 0.2) is 10.6 Å². The fourth-order valence-corrected chi connectivity index (χ4v) is 4.31. The van der Waals surface area contributed by atoms with Crippen LogP contribution in [0, 0.1) is 11.7 Å². The lowest BCUT2D eigenvalue weighted by Crippen LogP contribution is -2.32. The number of nitrogens with zero attached hydrogens (tertiary/aromatic N) is 4. The second kappa shape index (κ2) is 6.27. The second-order valence-corrected chi connectivity index (χ2v) is 7.71. The Balaban J connectivity index is 1.61. The van der Waals surface area contributed by atoms with Crippen LogP contribution in [0.4, 0.5) is 0 Å². The number of thiophene rings is 1. The molecule has 0 fully saturated rings. The third-order valence-corrected chi connectivity index (χ3v) is 6.05. The molecule has 0 unspecified atom stereocenters. The van der Waals surface area contributed by atoms with Crippen LogP contribution < -0.4 is 0 Å². The minimum absolute atomic E-state index is 0.744. The van der Waals surface area contributed by atoms with Gasteiger partial charge in [-0.3, -0.25) is 4.90 Å². The van der Waals surface area contributed by atoms with Crippen LogP contribution in [0.15, 0.2) is 35.7 Å². The van der Waals surface area contributed by atoms with Crippen molar-refractivity contribution in [3.63, 3.8) is 0 Å². The molecule has 0 radical (unpaired) electrons. The van der Waals surface area contributed by atoms with Gasteiger partial charge in [-0.2, -0.15) is 5.10 Å². The van der Waals surface area contributed by atoms with Crippen LogP contribution in [0.5, 0.6) is 0 Å². The Labute approximate surface area is 151 Å². The van der Waals surface area contributed by atoms with Crippen LogP contribution in [0.25, 0.3) is 11.4 Å². The lowest BCUT2D eigenvalue weighted by atomic mass is 10.1. The third kappa shape index (κ3) is 2.85. The molecule has 6 heteroatoms. The van der Waals surface area contributed by atoms with E-state index in [9.17, 15) is 0 Å². The molecule has 0 bridgehead atoms. The number of hydrogen-bond acceptors (Lipinski definition) is 4. The van der Waals surface area contributed by atoms with Crippen molar-refractivity contribution in [1.82, 2.24) is 19.2 Å². The van der Waals surface area contributed by atoms with E-state index in [2.05, 4.69) is 47.5 Å². The van der Waals surface area contributed by atoms with Crippen LogP contribution >= 0.6 is 23.6 Å². The topological polar surface area (TPSA) is 26.0 Å². The molecule has 1 aromatic carbocycles. The number of fused-ring (bicyclic) bond motifs is 1. The first-order valence-corrected chi connectivity index (χ1v) is 9.39. The zero-order chi connectivity index (χ0) is 16.7. The van der Waals surface area contributed by atoms with E-state index >= 15 is 0 Å². The monoisotopic (exact) mass is 356 g/mol. The summed E-state index contributed by atoms with van der Waals surface area (Å²) in [7, 11) is 2.00. The number of aryl methyl sites for hydroxylation is 1. The zero-order valence-corrected chi connectivity index (χ0v) is 15.5. The molecule has 0 spiro atoms. The molecule has 0 N–H and O–H groups in total. The van der Waals surface area contributed by atoms with Gasteiger partial charge in [0.1, 0.15) is 0 Å². The molecule has 2 aromatic heterocycles. The highest BCUT2D eigenvalue weighted by Crippen LogP contribution is 2.25. The van der Waals surface area contributed by atoms with E-state index in [-0.39, 0.29) is 0 Å². The predicted molar refractivity (Wildman–Crippen MR) is 101 cm³/mol. The van der Waals surface area contributed by atoms with Crippen molar-refractivity contribution >= 4 is 23.6 Å². The Morgan fingerprint density at radius 2 is 2.17 bits per heavy atom. The van der Waals surface area contributed by atoms with E-state index in [0.717, 1.165) is 42.3 Å². The van der Waals surface area contributed by atoms with Crippen LogP contribution in [0.2, 0.25) is 0 Å². The summed E-state index contributed by atoms with van der Waals surface area (Å²) < 4.78 is 4.72. The molecule has 3 aromatic rings. The SMILES string of the molecule is Cc1cccc(-c2nn(CN3CCc4sccc4C3)c(=S)n2C)c1. The van der Waals surface area contributed by atoms with Crippen molar-refractivity contribution in [2.45, 2.75) is 26.6 Å². The first-order chi connectivity index (χ1) is 11.6. The number of aromatic nitrogens is 3. The molecule has 3 heterocycles. The van der Waals surface area contributed by atoms with Gasteiger partial charge in [0, 0.05) is 30.6 Å². The molecule has 124 valence electrons. The summed E-state index contributed by atoms with van der Waals surface area (Å²) in [6.45, 7) is 4.89. The van der Waals surface area contributed by atoms with E-state index in [4.69, 9.17) is 17.3 Å². The second-order valence-electron chi connectivity index (χ2n) is 6.35. The number of benzene rings is 1. The van der Waals surface area contributed by atoms with Crippen LogP contribution in [-0.2, 0) is 26.7 Å². The minimum Gasteiger partial charge on any atom is -0.303 e. The van der Waals surface area contributed by atoms with E-state index in [1.807, 2.05) is 27.6 Å². The summed E-state index contributed by atoms with van der Waals surface area (Å²) in [6.07, 6.45) is 1.12. The van der Waals surface area contributed by atoms with Gasteiger partial charge < -0.3 is 4.57 Å². The first-order valence-electron chi connectivity index (χ1n) is 8.10. The molecule has 1 aliphatic rings. The molecule has 1 aliphatic heterocycles. The highest BCUT2D eigenvalue weighted by Gasteiger charge is 2.19. The van der Waals surface area contributed by atoms with Crippen molar-refractivity contribution in [2.24, 2.45) is 7.05 Å². The van der Waals surface area contributed by atoms with Gasteiger partial charge >= 0.3 is 0 Å². The van der Waals surface area contributed by atoms with Crippen LogP contribution in [0.1, 0.15) is 16.0 Å². The largest absolute Gasteiger partial charge is 0.303 e. The average Bonchev–Trinajstić information content (AvgIpc) is 3.14. The maximum atomic E-state index is 5.62. The molecule has 0 saturated carbocycles. The molecule has 4 nitrogen and oxygen atoms in total. The van der Waals surface area contributed by atoms with Crippen molar-refractivity contribution < 1.29 is 0 Å². The summed E-state index contributed by atoms with van der Waals surface area (Å²) >= 11 is 7.48. The van der Waals surface area contributed by atoms with Gasteiger partial charge in [-0.15, -0.1) is 11.3 Å². The van der Waals surface area contributed by atoms with Crippen molar-refractivity contribution in [3.8, 4) is 11.4 Å². The van der Waals surface area contributed by atoms with E-state index < -0.39 is 0 Å². The summed E-state index contributed by atoms with van der Waals surface area (Å²) in [5.74, 6) is 0.928. The Hall–Kier alpha value is -1.76. The van der Waals surface area contributed by atoms with E-state index in [1.54, 1.807) is 0 Å². The van der Waals surface area contributed by atoms with Gasteiger partial charge in [0.2, 0.25) is 0 Å². The standard InChI is InChI=1S/C18H20N4S2/c1-13-4-3-5-14(10-13)17-19-22(18(23)20(17)2)12-21-8-6-16-15(11-21)7-9-24-16/h3-5,7,9-10H,6,8,11-12H2,1-2H3. The average molecular weight is 357 g/mol. The van der Waals surface area contributed by atoms with Crippen molar-refractivity contribution in [1.29, 1.82) is 0 Å². The molecular formula is C18H20N4S2. The molecule has 24 heavy (non-hydrogen) atoms. The Morgan fingerprint density at radius 1 is 1.29 bits per heavy atom. The Kier molecular flexibility index (Phi) is 4.12. The third-order valence-electron chi connectivity index (χ3n) is 4.54. The molecule has 0 amide bonds. The van der Waals surface area contributed by atoms with E-state index in [0.29, 0.717) is 0 Å². The van der Waals surface area contributed by atoms with E-state index in [1.165, 1.54) is 16.0 Å². The molecule has 4 rings (SSSR count). The highest BCUT2D eigenvalue weighted by molar-refractivity contribution is 7.71. The quantitative estimate of drug-likeness (QED) is 0.663. The molecular weight excluding hydrogens is 336 g/mol. The summed E-state index contributed by atoms with van der Waals surface area (Å²) in [4.78, 5) is 3.94. The lowest BCUT2D eigenvalue weighted by Gasteiger charge is -2.26. The van der Waals surface area contributed by atoms with Gasteiger partial charge in [-0.05, 0) is 48.6 Å². The highest BCUT2D eigenvalue weighted by atomic mass is 32.1. The van der Waals surface area contributed by atoms with Gasteiger partial charge in [0.25, 0.3) is 0 Å². The molecule has 0 saturated heterocycles. The van der Waals surface area contributed by atoms with Gasteiger partial charge in [-0.1, -0.05) is 23.8 Å². The zero-order valence-electron chi connectivity index (χ0n) is 13.9. The predicted octanol–water partition coefficient (Wildman–Crippen LogP) is 4.00. The van der Waals surface area contributed by atoms with Crippen LogP contribution in [-0.4, -0.2) is 25.8 Å². The maximum Gasteiger partial charge on any atom is 0.199 e. The molecule has 0 atom stereocenters. The normalized spacial score (nSPS) is 14.8. The van der Waals surface area contributed by atoms with Crippen molar-refractivity contribution in [2.75, 3.05) is 6.54 Å². The number of hydrogen-bond donors (Lipinski definition) is 0. The summed E-state index contributed by atoms with van der Waals surface area (Å²) in [5, 5.41) is 6.99. The van der Waals surface area contributed by atoms with Gasteiger partial charge in [-0.25, -0.2) is 4.68 Å². The lowest BCUT2D eigenvalue weighted by molar-refractivity contribution is 0.189. The summed E-state index contributed by atoms with van der Waals surface area (Å²) in [6, 6.07) is 10.6. The fraction of sp³-hybridized carbons (Fsp3) is 0.333. The summed E-state index contributed by atoms with van der Waals surface area (Å²) in [5.41, 5.74) is 3.79. The van der Waals surface area contributed by atoms with Gasteiger partial charge in [0.05, 0.1) is 6.67 Å². The molecule has 0 aliphatic carbocycles. The van der Waals surface area contributed by atoms with Crippen LogP contribution in [0.3, 0.4) is 0 Å². The first kappa shape index (κ1) is 15.7. The maximum absolute atomic E-state index is 5.62. The Bertz CT molecular complexity index is 935. The minimum atomic E-state index is 0.744. The smallest absolute Gasteiger partial charge is 0.199 e. The van der Waals surface area contributed by atoms with Crippen molar-refractivity contribution in [3.05, 3.63) is 56.5 Å². The Morgan fingerprint density at radius 3 is 3.00 bits per heavy atom. The fourth-order valence-electron chi connectivity index (χ4n) is 3.23. The number of rotatable bonds is 3.